The fraction of sp³-hybridized carbons (Fsp3) is 0.500. The summed E-state index contributed by atoms with van der Waals surface area (Å²) in [7, 11) is 0. The predicted octanol–water partition coefficient (Wildman–Crippen LogP) is 1.50. The van der Waals surface area contributed by atoms with Gasteiger partial charge < -0.3 is 9.67 Å². The van der Waals surface area contributed by atoms with Gasteiger partial charge in [0.15, 0.2) is 0 Å². The maximum absolute atomic E-state index is 12.6. The second-order valence-corrected chi connectivity index (χ2v) is 3.65. The number of pyridine rings is 1. The molecule has 3 nitrogen and oxygen atoms in total. The van der Waals surface area contributed by atoms with Crippen LogP contribution in [0, 0.1) is 5.92 Å². The smallest absolute Gasteiger partial charge is 0.396 e. The first kappa shape index (κ1) is 12.8. The van der Waals surface area contributed by atoms with Gasteiger partial charge in [-0.1, -0.05) is 13.0 Å². The van der Waals surface area contributed by atoms with E-state index in [4.69, 9.17) is 5.11 Å². The molecule has 0 saturated carbocycles. The molecule has 6 heteroatoms. The van der Waals surface area contributed by atoms with Crippen LogP contribution in [-0.4, -0.2) is 16.3 Å². The second-order valence-electron chi connectivity index (χ2n) is 3.65. The summed E-state index contributed by atoms with van der Waals surface area (Å²) in [6.07, 6.45) is -4.56. The number of halogens is 3. The lowest BCUT2D eigenvalue weighted by molar-refractivity contribution is -0.144. The van der Waals surface area contributed by atoms with E-state index >= 15 is 0 Å². The molecule has 1 aromatic heterocycles. The molecule has 16 heavy (non-hydrogen) atoms. The number of alkyl halides is 3. The molecule has 0 aliphatic carbocycles. The Balaban J connectivity index is 3.20. The number of rotatable bonds is 3. The van der Waals surface area contributed by atoms with Crippen LogP contribution in [-0.2, 0) is 12.7 Å². The topological polar surface area (TPSA) is 42.2 Å². The first-order chi connectivity index (χ1) is 7.36. The molecule has 0 bridgehead atoms. The van der Waals surface area contributed by atoms with Gasteiger partial charge in [0.25, 0.3) is 5.56 Å². The Bertz CT molecular complexity index is 411. The van der Waals surface area contributed by atoms with E-state index in [9.17, 15) is 18.0 Å². The number of nitrogens with zero attached hydrogens (tertiary/aromatic N) is 1. The molecule has 1 aromatic rings. The van der Waals surface area contributed by atoms with Crippen molar-refractivity contribution in [3.05, 3.63) is 34.2 Å². The van der Waals surface area contributed by atoms with Crippen LogP contribution in [0.5, 0.6) is 0 Å². The van der Waals surface area contributed by atoms with Gasteiger partial charge in [-0.25, -0.2) is 0 Å². The maximum atomic E-state index is 12.6. The van der Waals surface area contributed by atoms with Crippen molar-refractivity contribution in [2.45, 2.75) is 19.6 Å². The van der Waals surface area contributed by atoms with Crippen LogP contribution in [0.2, 0.25) is 0 Å². The molecule has 1 unspecified atom stereocenters. The summed E-state index contributed by atoms with van der Waals surface area (Å²) in [5.41, 5.74) is -1.70. The molecule has 1 rings (SSSR count). The van der Waals surface area contributed by atoms with Crippen LogP contribution < -0.4 is 5.56 Å². The van der Waals surface area contributed by atoms with Crippen molar-refractivity contribution in [1.29, 1.82) is 0 Å². The molecule has 0 radical (unpaired) electrons. The Kier molecular flexibility index (Phi) is 3.74. The van der Waals surface area contributed by atoms with Gasteiger partial charge in [0.1, 0.15) is 5.69 Å². The van der Waals surface area contributed by atoms with Crippen molar-refractivity contribution in [2.24, 2.45) is 5.92 Å². The largest absolute Gasteiger partial charge is 0.431 e. The standard InChI is InChI=1S/C10H12F3NO2/c1-7(6-15)5-14-8(10(11,12)13)3-2-4-9(14)16/h2-4,7,15H,5-6H2,1H3. The molecule has 1 N–H and O–H groups in total. The fourth-order valence-electron chi connectivity index (χ4n) is 1.33. The SMILES string of the molecule is CC(CO)Cn1c(C(F)(F)F)cccc1=O. The van der Waals surface area contributed by atoms with E-state index in [1.807, 2.05) is 0 Å². The summed E-state index contributed by atoms with van der Waals surface area (Å²) in [4.78, 5) is 11.3. The Labute approximate surface area is 90.1 Å². The van der Waals surface area contributed by atoms with Crippen molar-refractivity contribution >= 4 is 0 Å². The summed E-state index contributed by atoms with van der Waals surface area (Å²) in [5, 5.41) is 8.78. The molecule has 0 aliphatic rings. The van der Waals surface area contributed by atoms with Gasteiger partial charge >= 0.3 is 6.18 Å². The van der Waals surface area contributed by atoms with Gasteiger partial charge in [0.05, 0.1) is 0 Å². The molecule has 0 fully saturated rings. The summed E-state index contributed by atoms with van der Waals surface area (Å²) >= 11 is 0. The molecular formula is C10H12F3NO2. The van der Waals surface area contributed by atoms with E-state index in [2.05, 4.69) is 0 Å². The van der Waals surface area contributed by atoms with Gasteiger partial charge in [-0.05, 0) is 12.0 Å². The van der Waals surface area contributed by atoms with Crippen LogP contribution in [0.25, 0.3) is 0 Å². The third-order valence-corrected chi connectivity index (χ3v) is 2.15. The van der Waals surface area contributed by atoms with Crippen molar-refractivity contribution in [3.8, 4) is 0 Å². The maximum Gasteiger partial charge on any atom is 0.431 e. The number of aliphatic hydroxyl groups excluding tert-OH is 1. The van der Waals surface area contributed by atoms with E-state index in [0.717, 1.165) is 18.2 Å². The summed E-state index contributed by atoms with van der Waals surface area (Å²) < 4.78 is 38.3. The molecule has 1 heterocycles. The lowest BCUT2D eigenvalue weighted by atomic mass is 10.2. The molecule has 0 amide bonds. The minimum atomic E-state index is -4.56. The Hall–Kier alpha value is -1.30. The van der Waals surface area contributed by atoms with Crippen molar-refractivity contribution in [2.75, 3.05) is 6.61 Å². The van der Waals surface area contributed by atoms with Crippen LogP contribution in [0.4, 0.5) is 13.2 Å². The van der Waals surface area contributed by atoms with Gasteiger partial charge in [0.2, 0.25) is 0 Å². The average molecular weight is 235 g/mol. The molecule has 0 aliphatic heterocycles. The molecule has 0 aromatic carbocycles. The minimum Gasteiger partial charge on any atom is -0.396 e. The number of aliphatic hydroxyl groups is 1. The van der Waals surface area contributed by atoms with Gasteiger partial charge in [-0.2, -0.15) is 13.2 Å². The number of aromatic nitrogens is 1. The van der Waals surface area contributed by atoms with Crippen molar-refractivity contribution in [1.82, 2.24) is 4.57 Å². The molecule has 1 atom stereocenters. The highest BCUT2D eigenvalue weighted by molar-refractivity contribution is 5.10. The lowest BCUT2D eigenvalue weighted by Gasteiger charge is -2.17. The average Bonchev–Trinajstić information content (AvgIpc) is 2.19. The Morgan fingerprint density at radius 1 is 1.44 bits per heavy atom. The normalized spacial score (nSPS) is 13.8. The lowest BCUT2D eigenvalue weighted by Crippen LogP contribution is -2.30. The number of hydrogen-bond donors (Lipinski definition) is 1. The van der Waals surface area contributed by atoms with E-state index in [1.54, 1.807) is 6.92 Å². The van der Waals surface area contributed by atoms with Crippen LogP contribution in [0.15, 0.2) is 23.0 Å². The highest BCUT2D eigenvalue weighted by Crippen LogP contribution is 2.28. The zero-order chi connectivity index (χ0) is 12.3. The summed E-state index contributed by atoms with van der Waals surface area (Å²) in [6, 6.07) is 3.00. The first-order valence-corrected chi connectivity index (χ1v) is 4.74. The predicted molar refractivity (Wildman–Crippen MR) is 52.0 cm³/mol. The molecular weight excluding hydrogens is 223 g/mol. The van der Waals surface area contributed by atoms with Crippen molar-refractivity contribution < 1.29 is 18.3 Å². The van der Waals surface area contributed by atoms with Gasteiger partial charge in [-0.3, -0.25) is 4.79 Å². The zero-order valence-corrected chi connectivity index (χ0v) is 8.66. The minimum absolute atomic E-state index is 0.148. The Morgan fingerprint density at radius 2 is 2.06 bits per heavy atom. The highest BCUT2D eigenvalue weighted by Gasteiger charge is 2.34. The summed E-state index contributed by atoms with van der Waals surface area (Å²) in [5.74, 6) is -0.402. The summed E-state index contributed by atoms with van der Waals surface area (Å²) in [6.45, 7) is 1.16. The monoisotopic (exact) mass is 235 g/mol. The first-order valence-electron chi connectivity index (χ1n) is 4.74. The van der Waals surface area contributed by atoms with Crippen molar-refractivity contribution in [3.63, 3.8) is 0 Å². The van der Waals surface area contributed by atoms with Gasteiger partial charge in [-0.15, -0.1) is 0 Å². The molecule has 90 valence electrons. The van der Waals surface area contributed by atoms with E-state index in [-0.39, 0.29) is 13.2 Å². The second kappa shape index (κ2) is 4.69. The van der Waals surface area contributed by atoms with Crippen LogP contribution in [0.1, 0.15) is 12.6 Å². The van der Waals surface area contributed by atoms with E-state index in [0.29, 0.717) is 4.57 Å². The van der Waals surface area contributed by atoms with Crippen LogP contribution >= 0.6 is 0 Å². The molecule has 0 saturated heterocycles. The number of hydrogen-bond acceptors (Lipinski definition) is 2. The molecule has 0 spiro atoms. The van der Waals surface area contributed by atoms with Gasteiger partial charge in [0, 0.05) is 19.2 Å². The third kappa shape index (κ3) is 2.85. The highest BCUT2D eigenvalue weighted by atomic mass is 19.4. The zero-order valence-electron chi connectivity index (χ0n) is 8.66. The Morgan fingerprint density at radius 3 is 2.56 bits per heavy atom. The van der Waals surface area contributed by atoms with E-state index < -0.39 is 23.3 Å². The van der Waals surface area contributed by atoms with E-state index in [1.165, 1.54) is 0 Å². The quantitative estimate of drug-likeness (QED) is 0.862. The van der Waals surface area contributed by atoms with Crippen LogP contribution in [0.3, 0.4) is 0 Å². The fourth-order valence-corrected chi connectivity index (χ4v) is 1.33. The third-order valence-electron chi connectivity index (χ3n) is 2.15.